The largest absolute Gasteiger partial charge is 0.337 e. The molecule has 1 aromatic heterocycles. The van der Waals surface area contributed by atoms with Crippen LogP contribution in [0.15, 0.2) is 40.4 Å². The molecule has 3 rings (SSSR count). The Balaban J connectivity index is 1.76. The number of halogens is 2. The topological polar surface area (TPSA) is 75.5 Å². The van der Waals surface area contributed by atoms with Crippen molar-refractivity contribution in [3.05, 3.63) is 41.9 Å². The van der Waals surface area contributed by atoms with Gasteiger partial charge in [-0.3, -0.25) is 4.79 Å². The highest BCUT2D eigenvalue weighted by molar-refractivity contribution is 7.99. The lowest BCUT2D eigenvalue weighted by Crippen LogP contribution is -2.37. The molecule has 0 N–H and O–H groups in total. The van der Waals surface area contributed by atoms with E-state index in [2.05, 4.69) is 4.98 Å². The number of aryl methyl sites for hydroxylation is 2. The molecule has 0 unspecified atom stereocenters. The summed E-state index contributed by atoms with van der Waals surface area (Å²) in [6.45, 7) is 2.62. The van der Waals surface area contributed by atoms with Crippen molar-refractivity contribution < 1.29 is 22.0 Å². The van der Waals surface area contributed by atoms with E-state index in [1.165, 1.54) is 27.5 Å². The summed E-state index contributed by atoms with van der Waals surface area (Å²) in [5.41, 5.74) is 0.203. The molecule has 0 saturated carbocycles. The molecule has 7 nitrogen and oxygen atoms in total. The number of nitrogens with zero attached hydrogens (tertiary/aromatic N) is 4. The number of carbonyl (C=O) groups excluding carboxylic acids is 1. The lowest BCUT2D eigenvalue weighted by molar-refractivity contribution is 0.0760. The van der Waals surface area contributed by atoms with E-state index in [-0.39, 0.29) is 41.0 Å². The first kappa shape index (κ1) is 21.7. The van der Waals surface area contributed by atoms with Crippen molar-refractivity contribution in [3.8, 4) is 0 Å². The number of imidazole rings is 1. The summed E-state index contributed by atoms with van der Waals surface area (Å²) in [5.74, 6) is -2.42. The Morgan fingerprint density at radius 1 is 1.17 bits per heavy atom. The van der Waals surface area contributed by atoms with Gasteiger partial charge in [0.1, 0.15) is 5.82 Å². The molecule has 1 aliphatic heterocycles. The predicted molar refractivity (Wildman–Crippen MR) is 106 cm³/mol. The summed E-state index contributed by atoms with van der Waals surface area (Å²) in [6, 6.07) is 6.24. The number of amides is 1. The molecule has 1 amide bonds. The first-order chi connectivity index (χ1) is 13.7. The number of hydrogen-bond donors (Lipinski definition) is 0. The molecule has 29 heavy (non-hydrogen) atoms. The number of hydrogen-bond acceptors (Lipinski definition) is 5. The number of aromatic nitrogens is 2. The lowest BCUT2D eigenvalue weighted by atomic mass is 10.2. The van der Waals surface area contributed by atoms with Gasteiger partial charge in [0.2, 0.25) is 0 Å². The first-order valence-corrected chi connectivity index (χ1v) is 11.4. The minimum atomic E-state index is -3.76. The zero-order valence-corrected chi connectivity index (χ0v) is 17.7. The van der Waals surface area contributed by atoms with Gasteiger partial charge in [-0.05, 0) is 25.5 Å². The van der Waals surface area contributed by atoms with Crippen molar-refractivity contribution >= 4 is 27.7 Å². The Morgan fingerprint density at radius 2 is 1.90 bits per heavy atom. The normalized spacial score (nSPS) is 16.2. The van der Waals surface area contributed by atoms with Crippen molar-refractivity contribution in [3.63, 3.8) is 0 Å². The number of rotatable bonds is 5. The number of alkyl halides is 2. The van der Waals surface area contributed by atoms with Crippen LogP contribution in [0.25, 0.3) is 0 Å². The van der Waals surface area contributed by atoms with E-state index in [1.807, 2.05) is 0 Å². The summed E-state index contributed by atoms with van der Waals surface area (Å²) < 4.78 is 54.3. The van der Waals surface area contributed by atoms with E-state index in [4.69, 9.17) is 0 Å². The third-order valence-electron chi connectivity index (χ3n) is 4.77. The molecular weight excluding hydrogens is 422 g/mol. The third kappa shape index (κ3) is 4.78. The number of benzene rings is 1. The highest BCUT2D eigenvalue weighted by Crippen LogP contribution is 2.29. The van der Waals surface area contributed by atoms with Gasteiger partial charge in [0.25, 0.3) is 21.7 Å². The van der Waals surface area contributed by atoms with Crippen molar-refractivity contribution in [2.24, 2.45) is 7.05 Å². The number of sulfonamides is 1. The zero-order valence-electron chi connectivity index (χ0n) is 16.1. The van der Waals surface area contributed by atoms with Crippen LogP contribution in [-0.2, 0) is 17.1 Å². The lowest BCUT2D eigenvalue weighted by Gasteiger charge is -2.22. The number of thioether (sulfide) groups is 1. The number of carbonyl (C=O) groups is 1. The predicted octanol–water partition coefficient (Wildman–Crippen LogP) is 2.58. The Bertz CT molecular complexity index is 975. The highest BCUT2D eigenvalue weighted by Gasteiger charge is 2.31. The van der Waals surface area contributed by atoms with E-state index in [1.54, 1.807) is 30.7 Å². The molecule has 0 radical (unpaired) electrons. The molecule has 0 aliphatic carbocycles. The summed E-state index contributed by atoms with van der Waals surface area (Å²) >= 11 is 0.331. The van der Waals surface area contributed by atoms with Crippen LogP contribution < -0.4 is 0 Å². The second-order valence-electron chi connectivity index (χ2n) is 6.66. The molecule has 1 aromatic carbocycles. The summed E-state index contributed by atoms with van der Waals surface area (Å²) in [7, 11) is -2.04. The van der Waals surface area contributed by atoms with E-state index >= 15 is 0 Å². The molecule has 0 bridgehead atoms. The maximum absolute atomic E-state index is 12.9. The van der Waals surface area contributed by atoms with Gasteiger partial charge in [-0.15, -0.1) is 0 Å². The van der Waals surface area contributed by atoms with Crippen molar-refractivity contribution in [1.82, 2.24) is 18.8 Å². The zero-order chi connectivity index (χ0) is 21.2. The van der Waals surface area contributed by atoms with E-state index in [9.17, 15) is 22.0 Å². The van der Waals surface area contributed by atoms with Gasteiger partial charge in [0.05, 0.1) is 5.56 Å². The van der Waals surface area contributed by atoms with Gasteiger partial charge in [-0.25, -0.2) is 13.4 Å². The summed E-state index contributed by atoms with van der Waals surface area (Å²) in [4.78, 5) is 18.8. The summed E-state index contributed by atoms with van der Waals surface area (Å²) in [6.07, 6.45) is 1.91. The van der Waals surface area contributed by atoms with Crippen molar-refractivity contribution in [2.75, 3.05) is 26.2 Å². The molecule has 158 valence electrons. The fourth-order valence-corrected chi connectivity index (χ4v) is 5.26. The van der Waals surface area contributed by atoms with Gasteiger partial charge in [0, 0.05) is 44.3 Å². The van der Waals surface area contributed by atoms with Gasteiger partial charge >= 0.3 is 0 Å². The quantitative estimate of drug-likeness (QED) is 0.663. The van der Waals surface area contributed by atoms with Crippen LogP contribution in [0.1, 0.15) is 22.6 Å². The van der Waals surface area contributed by atoms with Crippen LogP contribution >= 0.6 is 11.8 Å². The SMILES string of the molecule is Cc1nc(S(=O)(=O)N2CCCN(C(=O)c3ccccc3SC(F)F)CC2)cn1C. The van der Waals surface area contributed by atoms with Gasteiger partial charge < -0.3 is 9.47 Å². The van der Waals surface area contributed by atoms with Gasteiger partial charge in [-0.2, -0.15) is 13.1 Å². The third-order valence-corrected chi connectivity index (χ3v) is 7.32. The molecule has 0 atom stereocenters. The maximum atomic E-state index is 12.9. The molecule has 1 fully saturated rings. The van der Waals surface area contributed by atoms with Crippen LogP contribution in [0.2, 0.25) is 0 Å². The molecule has 2 aromatic rings. The molecule has 2 heterocycles. The van der Waals surface area contributed by atoms with Crippen LogP contribution in [0, 0.1) is 6.92 Å². The minimum absolute atomic E-state index is 0.0176. The Hall–Kier alpha value is -1.98. The molecule has 1 aliphatic rings. The average molecular weight is 445 g/mol. The fraction of sp³-hybridized carbons (Fsp3) is 0.444. The molecule has 1 saturated heterocycles. The smallest absolute Gasteiger partial charge is 0.288 e. The molecule has 0 spiro atoms. The Labute approximate surface area is 172 Å². The van der Waals surface area contributed by atoms with E-state index in [0.29, 0.717) is 30.6 Å². The van der Waals surface area contributed by atoms with E-state index < -0.39 is 15.8 Å². The second kappa shape index (κ2) is 8.80. The maximum Gasteiger partial charge on any atom is 0.288 e. The van der Waals surface area contributed by atoms with Crippen LogP contribution in [0.3, 0.4) is 0 Å². The minimum Gasteiger partial charge on any atom is -0.337 e. The summed E-state index contributed by atoms with van der Waals surface area (Å²) in [5, 5.41) is -0.0176. The monoisotopic (exact) mass is 444 g/mol. The average Bonchev–Trinajstić information content (AvgIpc) is 2.87. The van der Waals surface area contributed by atoms with Crippen LogP contribution in [0.5, 0.6) is 0 Å². The van der Waals surface area contributed by atoms with Crippen molar-refractivity contribution in [1.29, 1.82) is 0 Å². The first-order valence-electron chi connectivity index (χ1n) is 9.03. The standard InChI is InChI=1S/C18H22F2N4O3S2/c1-13-21-16(12-22(13)2)29(26,27)24-9-5-8-23(10-11-24)17(25)14-6-3-4-7-15(14)28-18(19)20/h3-4,6-7,12,18H,5,8-11H2,1-2H3. The fourth-order valence-electron chi connectivity index (χ4n) is 3.13. The highest BCUT2D eigenvalue weighted by atomic mass is 32.2. The van der Waals surface area contributed by atoms with Crippen molar-refractivity contribution in [2.45, 2.75) is 29.0 Å². The van der Waals surface area contributed by atoms with Crippen LogP contribution in [0.4, 0.5) is 8.78 Å². The molecular formula is C18H22F2N4O3S2. The Morgan fingerprint density at radius 3 is 2.55 bits per heavy atom. The van der Waals surface area contributed by atoms with Crippen LogP contribution in [-0.4, -0.2) is 65.0 Å². The van der Waals surface area contributed by atoms with Gasteiger partial charge in [0.15, 0.2) is 5.03 Å². The second-order valence-corrected chi connectivity index (χ2v) is 9.58. The van der Waals surface area contributed by atoms with E-state index in [0.717, 1.165) is 0 Å². The molecule has 11 heteroatoms. The van der Waals surface area contributed by atoms with Gasteiger partial charge in [-0.1, -0.05) is 23.9 Å². The Kier molecular flexibility index (Phi) is 6.59.